The number of hydrogen-bond donors (Lipinski definition) is 2. The van der Waals surface area contributed by atoms with Gasteiger partial charge >= 0.3 is 0 Å². The van der Waals surface area contributed by atoms with Crippen LogP contribution in [0.5, 0.6) is 0 Å². The van der Waals surface area contributed by atoms with E-state index in [0.29, 0.717) is 12.5 Å². The number of hydrogen-bond acceptors (Lipinski definition) is 3. The van der Waals surface area contributed by atoms with Gasteiger partial charge in [-0.05, 0) is 41.4 Å². The molecule has 1 saturated heterocycles. The van der Waals surface area contributed by atoms with Gasteiger partial charge in [0.25, 0.3) is 0 Å². The molecular weight excluding hydrogens is 218 g/mol. The summed E-state index contributed by atoms with van der Waals surface area (Å²) >= 11 is 1.99. The summed E-state index contributed by atoms with van der Waals surface area (Å²) in [7, 11) is 0. The first-order valence-electron chi connectivity index (χ1n) is 5.86. The van der Waals surface area contributed by atoms with Crippen LogP contribution in [0.1, 0.15) is 30.1 Å². The van der Waals surface area contributed by atoms with E-state index < -0.39 is 0 Å². The zero-order chi connectivity index (χ0) is 11.4. The second kappa shape index (κ2) is 5.71. The maximum absolute atomic E-state index is 10.4. The molecule has 2 rings (SSSR count). The largest absolute Gasteiger partial charge is 0.388 e. The third kappa shape index (κ3) is 2.59. The summed E-state index contributed by atoms with van der Waals surface area (Å²) in [6.07, 6.45) is 1.90. The van der Waals surface area contributed by atoms with Crippen LogP contribution in [0.15, 0.2) is 24.3 Å². The van der Waals surface area contributed by atoms with Gasteiger partial charge in [0.15, 0.2) is 0 Å². The third-order valence-electron chi connectivity index (χ3n) is 3.31. The van der Waals surface area contributed by atoms with E-state index in [-0.39, 0.29) is 6.10 Å². The Balaban J connectivity index is 2.15. The number of thioether (sulfide) groups is 1. The molecule has 2 nitrogen and oxygen atoms in total. The fraction of sp³-hybridized carbons (Fsp3) is 0.538. The molecule has 1 aromatic carbocycles. The SMILES string of the molecule is NCc1ccccc1C(O)C1CCSCC1. The zero-order valence-corrected chi connectivity index (χ0v) is 10.2. The van der Waals surface area contributed by atoms with Gasteiger partial charge < -0.3 is 10.8 Å². The second-order valence-electron chi connectivity index (χ2n) is 4.30. The highest BCUT2D eigenvalue weighted by Crippen LogP contribution is 2.34. The topological polar surface area (TPSA) is 46.2 Å². The van der Waals surface area contributed by atoms with Crippen LogP contribution in [0.4, 0.5) is 0 Å². The lowest BCUT2D eigenvalue weighted by Gasteiger charge is -2.27. The Morgan fingerprint density at radius 3 is 2.69 bits per heavy atom. The van der Waals surface area contributed by atoms with Crippen molar-refractivity contribution in [3.63, 3.8) is 0 Å². The molecule has 1 aliphatic rings. The van der Waals surface area contributed by atoms with Crippen molar-refractivity contribution in [3.8, 4) is 0 Å². The van der Waals surface area contributed by atoms with Crippen molar-refractivity contribution < 1.29 is 5.11 Å². The number of aliphatic hydroxyl groups is 1. The van der Waals surface area contributed by atoms with Gasteiger partial charge in [0.2, 0.25) is 0 Å². The van der Waals surface area contributed by atoms with Gasteiger partial charge in [-0.2, -0.15) is 11.8 Å². The molecule has 1 heterocycles. The molecule has 0 radical (unpaired) electrons. The van der Waals surface area contributed by atoms with Crippen molar-refractivity contribution in [2.24, 2.45) is 11.7 Å². The number of nitrogens with two attached hydrogens (primary N) is 1. The summed E-state index contributed by atoms with van der Waals surface area (Å²) < 4.78 is 0. The molecular formula is C13H19NOS. The van der Waals surface area contributed by atoms with Crippen molar-refractivity contribution >= 4 is 11.8 Å². The van der Waals surface area contributed by atoms with Crippen LogP contribution in [0.2, 0.25) is 0 Å². The van der Waals surface area contributed by atoms with Crippen LogP contribution in [0.3, 0.4) is 0 Å². The van der Waals surface area contributed by atoms with Crippen LogP contribution in [-0.2, 0) is 6.54 Å². The van der Waals surface area contributed by atoms with Gasteiger partial charge in [0.05, 0.1) is 6.10 Å². The average Bonchev–Trinajstić information content (AvgIpc) is 2.39. The van der Waals surface area contributed by atoms with E-state index in [2.05, 4.69) is 0 Å². The van der Waals surface area contributed by atoms with E-state index in [0.717, 1.165) is 24.0 Å². The minimum Gasteiger partial charge on any atom is -0.388 e. The maximum Gasteiger partial charge on any atom is 0.0821 e. The Bertz CT molecular complexity index is 336. The summed E-state index contributed by atoms with van der Waals surface area (Å²) in [6.45, 7) is 0.509. The van der Waals surface area contributed by atoms with Crippen molar-refractivity contribution in [1.82, 2.24) is 0 Å². The molecule has 16 heavy (non-hydrogen) atoms. The molecule has 1 aromatic rings. The van der Waals surface area contributed by atoms with Gasteiger partial charge in [-0.15, -0.1) is 0 Å². The molecule has 0 spiro atoms. The Morgan fingerprint density at radius 1 is 1.31 bits per heavy atom. The molecule has 3 N–H and O–H groups in total. The molecule has 0 bridgehead atoms. The number of benzene rings is 1. The standard InChI is InChI=1S/C13H19NOS/c14-9-11-3-1-2-4-12(11)13(15)10-5-7-16-8-6-10/h1-4,10,13,15H,5-9,14H2. The summed E-state index contributed by atoms with van der Waals surface area (Å²) in [5, 5.41) is 10.4. The molecule has 1 aliphatic heterocycles. The smallest absolute Gasteiger partial charge is 0.0821 e. The summed E-state index contributed by atoms with van der Waals surface area (Å²) in [5.74, 6) is 2.76. The van der Waals surface area contributed by atoms with E-state index in [1.54, 1.807) is 0 Å². The van der Waals surface area contributed by atoms with Crippen LogP contribution in [-0.4, -0.2) is 16.6 Å². The summed E-state index contributed by atoms with van der Waals surface area (Å²) in [5.41, 5.74) is 7.81. The van der Waals surface area contributed by atoms with Crippen molar-refractivity contribution in [2.45, 2.75) is 25.5 Å². The van der Waals surface area contributed by atoms with Crippen molar-refractivity contribution in [1.29, 1.82) is 0 Å². The van der Waals surface area contributed by atoms with E-state index in [9.17, 15) is 5.11 Å². The Labute approximate surface area is 101 Å². The predicted octanol–water partition coefficient (Wildman–Crippen LogP) is 2.32. The van der Waals surface area contributed by atoms with Crippen molar-refractivity contribution in [2.75, 3.05) is 11.5 Å². The van der Waals surface area contributed by atoms with Crippen LogP contribution >= 0.6 is 11.8 Å². The minimum absolute atomic E-state index is 0.333. The molecule has 1 unspecified atom stereocenters. The lowest BCUT2D eigenvalue weighted by molar-refractivity contribution is 0.102. The molecule has 1 fully saturated rings. The van der Waals surface area contributed by atoms with E-state index >= 15 is 0 Å². The average molecular weight is 237 g/mol. The van der Waals surface area contributed by atoms with Crippen LogP contribution in [0.25, 0.3) is 0 Å². The van der Waals surface area contributed by atoms with E-state index in [1.807, 2.05) is 36.0 Å². The predicted molar refractivity (Wildman–Crippen MR) is 69.3 cm³/mol. The Hall–Kier alpha value is -0.510. The van der Waals surface area contributed by atoms with Crippen molar-refractivity contribution in [3.05, 3.63) is 35.4 Å². The molecule has 1 atom stereocenters. The lowest BCUT2D eigenvalue weighted by atomic mass is 9.88. The van der Waals surface area contributed by atoms with Gasteiger partial charge in [-0.1, -0.05) is 24.3 Å². The van der Waals surface area contributed by atoms with Crippen LogP contribution < -0.4 is 5.73 Å². The number of aliphatic hydroxyl groups excluding tert-OH is 1. The maximum atomic E-state index is 10.4. The summed E-state index contributed by atoms with van der Waals surface area (Å²) in [4.78, 5) is 0. The first-order chi connectivity index (χ1) is 7.83. The molecule has 0 aromatic heterocycles. The van der Waals surface area contributed by atoms with E-state index in [4.69, 9.17) is 5.73 Å². The summed E-state index contributed by atoms with van der Waals surface area (Å²) in [6, 6.07) is 7.98. The first kappa shape index (κ1) is 12.0. The normalized spacial score (nSPS) is 19.6. The molecule has 3 heteroatoms. The molecule has 0 amide bonds. The Morgan fingerprint density at radius 2 is 2.00 bits per heavy atom. The van der Waals surface area contributed by atoms with E-state index in [1.165, 1.54) is 11.5 Å². The first-order valence-corrected chi connectivity index (χ1v) is 7.02. The quantitative estimate of drug-likeness (QED) is 0.848. The van der Waals surface area contributed by atoms with Crippen LogP contribution in [0, 0.1) is 5.92 Å². The Kier molecular flexibility index (Phi) is 4.27. The second-order valence-corrected chi connectivity index (χ2v) is 5.52. The highest BCUT2D eigenvalue weighted by molar-refractivity contribution is 7.99. The fourth-order valence-corrected chi connectivity index (χ4v) is 3.44. The van der Waals surface area contributed by atoms with Gasteiger partial charge in [-0.3, -0.25) is 0 Å². The number of rotatable bonds is 3. The van der Waals surface area contributed by atoms with Gasteiger partial charge in [0.1, 0.15) is 0 Å². The molecule has 88 valence electrons. The molecule has 0 aliphatic carbocycles. The van der Waals surface area contributed by atoms with Gasteiger partial charge in [0, 0.05) is 6.54 Å². The zero-order valence-electron chi connectivity index (χ0n) is 9.43. The lowest BCUT2D eigenvalue weighted by Crippen LogP contribution is -2.19. The monoisotopic (exact) mass is 237 g/mol. The van der Waals surface area contributed by atoms with Gasteiger partial charge in [-0.25, -0.2) is 0 Å². The molecule has 0 saturated carbocycles. The highest BCUT2D eigenvalue weighted by Gasteiger charge is 2.24. The fourth-order valence-electron chi connectivity index (χ4n) is 2.29. The highest BCUT2D eigenvalue weighted by atomic mass is 32.2. The third-order valence-corrected chi connectivity index (χ3v) is 4.35. The minimum atomic E-state index is -0.333.